The van der Waals surface area contributed by atoms with E-state index in [0.29, 0.717) is 0 Å². The van der Waals surface area contributed by atoms with E-state index in [9.17, 15) is 0 Å². The molecule has 5 heavy (non-hydrogen) atoms. The van der Waals surface area contributed by atoms with Gasteiger partial charge in [0.15, 0.2) is 0 Å². The van der Waals surface area contributed by atoms with Gasteiger partial charge in [-0.15, -0.1) is 0 Å². The van der Waals surface area contributed by atoms with Crippen LogP contribution in [0.3, 0.4) is 0 Å². The molecule has 0 saturated heterocycles. The van der Waals surface area contributed by atoms with Crippen LogP contribution >= 0.6 is 0 Å². The molecule has 0 aliphatic carbocycles. The van der Waals surface area contributed by atoms with Crippen LogP contribution in [0.15, 0.2) is 0 Å². The van der Waals surface area contributed by atoms with E-state index in [0.717, 1.165) is 0 Å². The summed E-state index contributed by atoms with van der Waals surface area (Å²) >= 11 is 0. The van der Waals surface area contributed by atoms with Gasteiger partial charge in [-0.1, -0.05) is 0 Å². The summed E-state index contributed by atoms with van der Waals surface area (Å²) in [5.41, 5.74) is 0. The van der Waals surface area contributed by atoms with E-state index in [4.69, 9.17) is 10.2 Å². The third kappa shape index (κ3) is 49.6. The van der Waals surface area contributed by atoms with Crippen molar-refractivity contribution in [1.29, 1.82) is 0 Å². The summed E-state index contributed by atoms with van der Waals surface area (Å²) in [7, 11) is 0. The third-order valence-electron chi connectivity index (χ3n) is 0. The SMILES string of the molecule is CC(O)O.[H-].[Na+]. The second-order valence-electron chi connectivity index (χ2n) is 0.632. The molecule has 0 atom stereocenters. The number of hydrogen-bond acceptors (Lipinski definition) is 2. The molecule has 0 fully saturated rings. The van der Waals surface area contributed by atoms with Gasteiger partial charge in [0.1, 0.15) is 6.29 Å². The minimum atomic E-state index is -1.17. The van der Waals surface area contributed by atoms with Crippen LogP contribution in [0.1, 0.15) is 8.35 Å². The summed E-state index contributed by atoms with van der Waals surface area (Å²) in [6.07, 6.45) is -1.17. The fourth-order valence-corrected chi connectivity index (χ4v) is 0. The molecule has 0 unspecified atom stereocenters. The Hall–Kier alpha value is 0.920. The van der Waals surface area contributed by atoms with Gasteiger partial charge in [0.2, 0.25) is 0 Å². The molecule has 0 amide bonds. The fraction of sp³-hybridized carbons (Fsp3) is 1.00. The molecule has 0 spiro atoms. The fourth-order valence-electron chi connectivity index (χ4n) is 0. The van der Waals surface area contributed by atoms with Crippen molar-refractivity contribution in [1.82, 2.24) is 0 Å². The zero-order valence-corrected chi connectivity index (χ0v) is 5.47. The van der Waals surface area contributed by atoms with E-state index in [1.54, 1.807) is 0 Å². The molecule has 0 radical (unpaired) electrons. The molecular weight excluding hydrogens is 79.0 g/mol. The van der Waals surface area contributed by atoms with Gasteiger partial charge < -0.3 is 11.6 Å². The van der Waals surface area contributed by atoms with Gasteiger partial charge in [-0.2, -0.15) is 0 Å². The molecule has 0 aromatic heterocycles. The zero-order valence-electron chi connectivity index (χ0n) is 4.47. The van der Waals surface area contributed by atoms with Gasteiger partial charge >= 0.3 is 29.6 Å². The predicted molar refractivity (Wildman–Crippen MR) is 15.0 cm³/mol. The first-order valence-corrected chi connectivity index (χ1v) is 1.09. The van der Waals surface area contributed by atoms with Gasteiger partial charge in [0, 0.05) is 0 Å². The first-order chi connectivity index (χ1) is 1.73. The average Bonchev–Trinajstić information content (AvgIpc) is 0.811. The van der Waals surface area contributed by atoms with Crippen LogP contribution in [0.5, 0.6) is 0 Å². The minimum Gasteiger partial charge on any atom is -1.00 e. The van der Waals surface area contributed by atoms with Crippen molar-refractivity contribution in [2.45, 2.75) is 13.2 Å². The predicted octanol–water partition coefficient (Wildman–Crippen LogP) is -3.57. The Morgan fingerprint density at radius 1 is 1.60 bits per heavy atom. The molecule has 2 N–H and O–H groups in total. The summed E-state index contributed by atoms with van der Waals surface area (Å²) in [6.45, 7) is 1.28. The van der Waals surface area contributed by atoms with E-state index in [1.165, 1.54) is 6.92 Å². The molecule has 0 aliphatic rings. The molecule has 0 saturated carbocycles. The zero-order chi connectivity index (χ0) is 3.58. The van der Waals surface area contributed by atoms with Crippen LogP contribution < -0.4 is 29.6 Å². The van der Waals surface area contributed by atoms with Crippen molar-refractivity contribution in [3.05, 3.63) is 0 Å². The van der Waals surface area contributed by atoms with Gasteiger partial charge in [-0.3, -0.25) is 0 Å². The molecule has 0 aliphatic heterocycles. The Bertz CT molecular complexity index is 16.3. The second kappa shape index (κ2) is 4.92. The molecule has 0 rings (SSSR count). The topological polar surface area (TPSA) is 40.5 Å². The third-order valence-corrected chi connectivity index (χ3v) is 0. The maximum absolute atomic E-state index is 7.61. The Balaban J connectivity index is -0.0000000450. The first-order valence-electron chi connectivity index (χ1n) is 1.09. The smallest absolute Gasteiger partial charge is 1.00 e. The minimum absolute atomic E-state index is 0. The molecular formula is C2H7NaO2. The van der Waals surface area contributed by atoms with Crippen LogP contribution in [0.25, 0.3) is 0 Å². The molecule has 3 heteroatoms. The normalized spacial score (nSPS) is 7.20. The summed E-state index contributed by atoms with van der Waals surface area (Å²) < 4.78 is 0. The number of aliphatic hydroxyl groups excluding tert-OH is 1. The van der Waals surface area contributed by atoms with Crippen molar-refractivity contribution in [2.75, 3.05) is 0 Å². The quantitative estimate of drug-likeness (QED) is 0.236. The van der Waals surface area contributed by atoms with Crippen molar-refractivity contribution in [2.24, 2.45) is 0 Å². The number of aliphatic hydroxyl groups is 2. The van der Waals surface area contributed by atoms with Gasteiger partial charge in [0.25, 0.3) is 0 Å². The van der Waals surface area contributed by atoms with Gasteiger partial charge in [0.05, 0.1) is 0 Å². The maximum atomic E-state index is 7.61. The number of hydrogen-bond donors (Lipinski definition) is 2. The number of rotatable bonds is 0. The van der Waals surface area contributed by atoms with Crippen molar-refractivity contribution in [3.8, 4) is 0 Å². The van der Waals surface area contributed by atoms with Crippen molar-refractivity contribution >= 4 is 0 Å². The van der Waals surface area contributed by atoms with Crippen molar-refractivity contribution < 1.29 is 41.2 Å². The molecule has 0 aromatic carbocycles. The van der Waals surface area contributed by atoms with Crippen LogP contribution in [0.2, 0.25) is 0 Å². The summed E-state index contributed by atoms with van der Waals surface area (Å²) in [5, 5.41) is 15.2. The summed E-state index contributed by atoms with van der Waals surface area (Å²) in [6, 6.07) is 0. The average molecular weight is 86.1 g/mol. The van der Waals surface area contributed by atoms with Crippen LogP contribution in [-0.2, 0) is 0 Å². The van der Waals surface area contributed by atoms with E-state index in [1.807, 2.05) is 0 Å². The second-order valence-corrected chi connectivity index (χ2v) is 0.632. The van der Waals surface area contributed by atoms with Gasteiger partial charge in [-0.25, -0.2) is 0 Å². The molecule has 0 aromatic rings. The Labute approximate surface area is 54.6 Å². The first kappa shape index (κ1) is 9.33. The molecule has 0 heterocycles. The Morgan fingerprint density at radius 3 is 1.60 bits per heavy atom. The molecule has 2 nitrogen and oxygen atoms in total. The Morgan fingerprint density at radius 2 is 1.60 bits per heavy atom. The molecule has 28 valence electrons. The van der Waals surface area contributed by atoms with Crippen LogP contribution in [0.4, 0.5) is 0 Å². The van der Waals surface area contributed by atoms with Crippen LogP contribution in [0, 0.1) is 0 Å². The van der Waals surface area contributed by atoms with E-state index in [2.05, 4.69) is 0 Å². The standard InChI is InChI=1S/C2H6O2.Na.H/c1-2(3)4;;/h2-4H,1H3;;/q;+1;-1. The van der Waals surface area contributed by atoms with Crippen LogP contribution in [-0.4, -0.2) is 16.5 Å². The Kier molecular flexibility index (Phi) is 9.18. The maximum Gasteiger partial charge on any atom is 1.00 e. The van der Waals surface area contributed by atoms with E-state index in [-0.39, 0.29) is 31.0 Å². The van der Waals surface area contributed by atoms with E-state index < -0.39 is 6.29 Å². The van der Waals surface area contributed by atoms with Crippen molar-refractivity contribution in [3.63, 3.8) is 0 Å². The molecule has 0 bridgehead atoms. The summed E-state index contributed by atoms with van der Waals surface area (Å²) in [5.74, 6) is 0. The monoisotopic (exact) mass is 86.0 g/mol. The summed E-state index contributed by atoms with van der Waals surface area (Å²) in [4.78, 5) is 0. The van der Waals surface area contributed by atoms with E-state index >= 15 is 0 Å². The van der Waals surface area contributed by atoms with Gasteiger partial charge in [-0.05, 0) is 6.92 Å². The largest absolute Gasteiger partial charge is 1.00 e.